The first-order valence-electron chi connectivity index (χ1n) is 8.65. The van der Waals surface area contributed by atoms with Gasteiger partial charge in [-0.15, -0.1) is 0 Å². The summed E-state index contributed by atoms with van der Waals surface area (Å²) < 4.78 is 6.72. The van der Waals surface area contributed by atoms with Gasteiger partial charge in [-0.05, 0) is 24.1 Å². The van der Waals surface area contributed by atoms with E-state index in [2.05, 4.69) is 6.92 Å². The smallest absolute Gasteiger partial charge is 0.314 e. The average molecular weight is 348 g/mol. The number of aliphatic hydroxyl groups is 1. The zero-order valence-electron chi connectivity index (χ0n) is 14.2. The first-order chi connectivity index (χ1) is 12.6. The van der Waals surface area contributed by atoms with Gasteiger partial charge in [-0.2, -0.15) is 0 Å². The van der Waals surface area contributed by atoms with Crippen molar-refractivity contribution in [2.24, 2.45) is 0 Å². The second-order valence-electron chi connectivity index (χ2n) is 6.69. The molecular formula is C20H16N2O4. The predicted molar refractivity (Wildman–Crippen MR) is 95.1 cm³/mol. The van der Waals surface area contributed by atoms with E-state index in [0.717, 1.165) is 28.6 Å². The molecule has 0 saturated heterocycles. The molecule has 6 nitrogen and oxygen atoms in total. The zero-order chi connectivity index (χ0) is 18.0. The molecule has 3 aromatic rings. The molecule has 4 heterocycles. The van der Waals surface area contributed by atoms with E-state index < -0.39 is 17.6 Å². The average Bonchev–Trinajstić information content (AvgIpc) is 2.99. The summed E-state index contributed by atoms with van der Waals surface area (Å²) in [5.41, 5.74) is 4.48. The largest absolute Gasteiger partial charge is 0.420 e. The molecule has 0 radical (unpaired) electrons. The lowest BCUT2D eigenvalue weighted by atomic mass is 9.98. The highest BCUT2D eigenvalue weighted by molar-refractivity contribution is 5.88. The van der Waals surface area contributed by atoms with Crippen molar-refractivity contribution in [2.45, 2.75) is 32.4 Å². The highest BCUT2D eigenvalue weighted by atomic mass is 16.5. The van der Waals surface area contributed by atoms with Crippen LogP contribution in [0.1, 0.15) is 36.1 Å². The number of aryl methyl sites for hydroxylation is 1. The molecule has 0 amide bonds. The molecule has 130 valence electrons. The Balaban J connectivity index is 1.83. The fourth-order valence-corrected chi connectivity index (χ4v) is 4.04. The highest BCUT2D eigenvalue weighted by Gasteiger charge is 2.33. The standard InChI is InChI=1S/C20H16N2O4/c1-2-10-11-5-3-4-6-14(11)21-18-13(10)9-22-15(18)7-12-16(23)8-17(24)26-19(12)20(22)25/h3-7,16,23H,2,8-9H2,1H3. The lowest BCUT2D eigenvalue weighted by Crippen LogP contribution is -2.30. The Kier molecular flexibility index (Phi) is 3.09. The molecular weight excluding hydrogens is 332 g/mol. The number of para-hydroxylation sites is 1. The van der Waals surface area contributed by atoms with Crippen LogP contribution in [0, 0.1) is 0 Å². The van der Waals surface area contributed by atoms with E-state index in [1.165, 1.54) is 5.56 Å². The number of aromatic nitrogens is 2. The van der Waals surface area contributed by atoms with E-state index in [9.17, 15) is 14.7 Å². The molecule has 1 aromatic carbocycles. The third-order valence-corrected chi connectivity index (χ3v) is 5.24. The van der Waals surface area contributed by atoms with Crippen LogP contribution in [0.15, 0.2) is 35.1 Å². The Hall–Kier alpha value is -2.99. The second-order valence-corrected chi connectivity index (χ2v) is 6.69. The molecule has 2 aliphatic rings. The third-order valence-electron chi connectivity index (χ3n) is 5.24. The number of rotatable bonds is 1. The van der Waals surface area contributed by atoms with Gasteiger partial charge in [-0.3, -0.25) is 14.2 Å². The van der Waals surface area contributed by atoms with Crippen LogP contribution in [-0.4, -0.2) is 20.6 Å². The molecule has 0 spiro atoms. The lowest BCUT2D eigenvalue weighted by molar-refractivity contribution is -0.138. The quantitative estimate of drug-likeness (QED) is 0.534. The Bertz CT molecular complexity index is 1160. The zero-order valence-corrected chi connectivity index (χ0v) is 14.2. The number of esters is 1. The Labute approximate surface area is 148 Å². The summed E-state index contributed by atoms with van der Waals surface area (Å²) in [6.45, 7) is 2.48. The molecule has 0 bridgehead atoms. The van der Waals surface area contributed by atoms with Gasteiger partial charge < -0.3 is 9.84 Å². The molecule has 2 aliphatic heterocycles. The van der Waals surface area contributed by atoms with Crippen molar-refractivity contribution in [3.05, 3.63) is 57.4 Å². The number of carbonyl (C=O) groups is 1. The van der Waals surface area contributed by atoms with Gasteiger partial charge in [0.2, 0.25) is 5.75 Å². The van der Waals surface area contributed by atoms with Crippen LogP contribution >= 0.6 is 0 Å². The maximum Gasteiger partial charge on any atom is 0.314 e. The van der Waals surface area contributed by atoms with E-state index in [1.807, 2.05) is 24.3 Å². The molecule has 1 atom stereocenters. The monoisotopic (exact) mass is 348 g/mol. The fraction of sp³-hybridized carbons (Fsp3) is 0.250. The molecule has 5 rings (SSSR count). The molecule has 0 saturated carbocycles. The Morgan fingerprint density at radius 1 is 1.31 bits per heavy atom. The van der Waals surface area contributed by atoms with E-state index in [-0.39, 0.29) is 12.2 Å². The van der Waals surface area contributed by atoms with Gasteiger partial charge in [0.25, 0.3) is 5.56 Å². The fourth-order valence-electron chi connectivity index (χ4n) is 4.04. The van der Waals surface area contributed by atoms with E-state index in [4.69, 9.17) is 9.72 Å². The molecule has 1 N–H and O–H groups in total. The Morgan fingerprint density at radius 3 is 2.92 bits per heavy atom. The van der Waals surface area contributed by atoms with Crippen LogP contribution in [-0.2, 0) is 17.8 Å². The summed E-state index contributed by atoms with van der Waals surface area (Å²) in [4.78, 5) is 29.3. The van der Waals surface area contributed by atoms with Gasteiger partial charge in [0.05, 0.1) is 36.0 Å². The minimum absolute atomic E-state index is 0.0621. The van der Waals surface area contributed by atoms with Crippen LogP contribution in [0.5, 0.6) is 5.75 Å². The van der Waals surface area contributed by atoms with Gasteiger partial charge in [0, 0.05) is 16.5 Å². The summed E-state index contributed by atoms with van der Waals surface area (Å²) in [5.74, 6) is -0.649. The van der Waals surface area contributed by atoms with Crippen LogP contribution < -0.4 is 10.3 Å². The number of aliphatic hydroxyl groups excluding tert-OH is 1. The van der Waals surface area contributed by atoms with Gasteiger partial charge in [0.1, 0.15) is 0 Å². The predicted octanol–water partition coefficient (Wildman–Crippen LogP) is 2.33. The number of carbonyl (C=O) groups excluding carboxylic acids is 1. The number of nitrogens with zero attached hydrogens (tertiary/aromatic N) is 2. The summed E-state index contributed by atoms with van der Waals surface area (Å²) in [6.07, 6.45) is -0.348. The first kappa shape index (κ1) is 15.3. The maximum atomic E-state index is 12.9. The van der Waals surface area contributed by atoms with E-state index in [1.54, 1.807) is 10.6 Å². The number of pyridine rings is 2. The van der Waals surface area contributed by atoms with Crippen molar-refractivity contribution in [3.63, 3.8) is 0 Å². The van der Waals surface area contributed by atoms with Crippen molar-refractivity contribution in [3.8, 4) is 17.1 Å². The van der Waals surface area contributed by atoms with Gasteiger partial charge >= 0.3 is 5.97 Å². The van der Waals surface area contributed by atoms with Crippen LogP contribution in [0.2, 0.25) is 0 Å². The Morgan fingerprint density at radius 2 is 2.12 bits per heavy atom. The van der Waals surface area contributed by atoms with Crippen molar-refractivity contribution in [1.82, 2.24) is 9.55 Å². The number of ether oxygens (including phenoxy) is 1. The molecule has 1 unspecified atom stereocenters. The van der Waals surface area contributed by atoms with Crippen LogP contribution in [0.25, 0.3) is 22.3 Å². The van der Waals surface area contributed by atoms with Crippen molar-refractivity contribution in [1.29, 1.82) is 0 Å². The van der Waals surface area contributed by atoms with Gasteiger partial charge in [0.15, 0.2) is 0 Å². The highest BCUT2D eigenvalue weighted by Crippen LogP contribution is 2.39. The number of hydrogen-bond donors (Lipinski definition) is 1. The first-order valence-corrected chi connectivity index (χ1v) is 8.65. The molecule has 0 fully saturated rings. The number of hydrogen-bond acceptors (Lipinski definition) is 5. The molecule has 2 aromatic heterocycles. The molecule has 0 aliphatic carbocycles. The normalized spacial score (nSPS) is 17.6. The van der Waals surface area contributed by atoms with Crippen LogP contribution in [0.4, 0.5) is 0 Å². The third kappa shape index (κ3) is 1.93. The molecule has 6 heteroatoms. The minimum Gasteiger partial charge on any atom is -0.420 e. The van der Waals surface area contributed by atoms with Crippen LogP contribution in [0.3, 0.4) is 0 Å². The number of fused-ring (bicyclic) bond motifs is 5. The summed E-state index contributed by atoms with van der Waals surface area (Å²) >= 11 is 0. The summed E-state index contributed by atoms with van der Waals surface area (Å²) in [6, 6.07) is 9.67. The minimum atomic E-state index is -1.03. The molecule has 26 heavy (non-hydrogen) atoms. The topological polar surface area (TPSA) is 81.4 Å². The van der Waals surface area contributed by atoms with Gasteiger partial charge in [-0.25, -0.2) is 4.98 Å². The van der Waals surface area contributed by atoms with Crippen molar-refractivity contribution < 1.29 is 14.6 Å². The summed E-state index contributed by atoms with van der Waals surface area (Å²) in [5, 5.41) is 11.3. The van der Waals surface area contributed by atoms with E-state index >= 15 is 0 Å². The summed E-state index contributed by atoms with van der Waals surface area (Å²) in [7, 11) is 0. The van der Waals surface area contributed by atoms with Crippen molar-refractivity contribution >= 4 is 16.9 Å². The second kappa shape index (κ2) is 5.25. The maximum absolute atomic E-state index is 12.9. The number of benzene rings is 1. The lowest BCUT2D eigenvalue weighted by Gasteiger charge is -2.21. The SMILES string of the molecule is CCc1c2c(nc3ccccc13)-c1cc3c(c(=O)n1C2)OC(=O)CC3O. The van der Waals surface area contributed by atoms with Gasteiger partial charge in [-0.1, -0.05) is 25.1 Å². The van der Waals surface area contributed by atoms with E-state index in [0.29, 0.717) is 17.8 Å². The van der Waals surface area contributed by atoms with Crippen molar-refractivity contribution in [2.75, 3.05) is 0 Å².